The highest BCUT2D eigenvalue weighted by Crippen LogP contribution is 2.34. The number of H-pyrrole nitrogens is 1. The Balaban J connectivity index is 1.43. The molecule has 1 aromatic carbocycles. The van der Waals surface area contributed by atoms with Crippen LogP contribution in [-0.2, 0) is 11.2 Å². The van der Waals surface area contributed by atoms with Crippen molar-refractivity contribution in [2.75, 3.05) is 13.1 Å². The first-order chi connectivity index (χ1) is 13.1. The molecule has 1 aliphatic rings. The van der Waals surface area contributed by atoms with Gasteiger partial charge in [-0.3, -0.25) is 9.89 Å². The van der Waals surface area contributed by atoms with Crippen molar-refractivity contribution < 1.29 is 9.21 Å². The van der Waals surface area contributed by atoms with Gasteiger partial charge in [0.15, 0.2) is 10.9 Å². The molecular weight excluding hydrogens is 360 g/mol. The lowest BCUT2D eigenvalue weighted by Gasteiger charge is -2.40. The normalized spacial score (nSPS) is 20.0. The van der Waals surface area contributed by atoms with Crippen LogP contribution in [0.4, 0.5) is 0 Å². The Morgan fingerprint density at radius 3 is 2.93 bits per heavy atom. The Morgan fingerprint density at radius 1 is 1.30 bits per heavy atom. The van der Waals surface area contributed by atoms with E-state index in [0.29, 0.717) is 18.1 Å². The quantitative estimate of drug-likeness (QED) is 0.678. The zero-order chi connectivity index (χ0) is 18.7. The van der Waals surface area contributed by atoms with Crippen molar-refractivity contribution in [2.45, 2.75) is 36.1 Å². The van der Waals surface area contributed by atoms with E-state index >= 15 is 0 Å². The van der Waals surface area contributed by atoms with Crippen molar-refractivity contribution >= 4 is 17.7 Å². The van der Waals surface area contributed by atoms with E-state index in [1.54, 1.807) is 6.07 Å². The average Bonchev–Trinajstić information content (AvgIpc) is 3.38. The predicted octanol–water partition coefficient (Wildman–Crippen LogP) is 3.88. The molecule has 3 aromatic rings. The van der Waals surface area contributed by atoms with E-state index in [4.69, 9.17) is 4.42 Å². The first-order valence-electron chi connectivity index (χ1n) is 9.06. The molecule has 0 bridgehead atoms. The van der Waals surface area contributed by atoms with E-state index in [2.05, 4.69) is 46.4 Å². The highest BCUT2D eigenvalue weighted by atomic mass is 32.2. The highest BCUT2D eigenvalue weighted by molar-refractivity contribution is 7.98. The van der Waals surface area contributed by atoms with Crippen LogP contribution in [0.5, 0.6) is 0 Å². The van der Waals surface area contributed by atoms with Gasteiger partial charge in [0.1, 0.15) is 12.1 Å². The monoisotopic (exact) mass is 382 g/mol. The van der Waals surface area contributed by atoms with E-state index in [1.165, 1.54) is 23.7 Å². The van der Waals surface area contributed by atoms with E-state index < -0.39 is 0 Å². The molecule has 3 heterocycles. The fourth-order valence-corrected chi connectivity index (χ4v) is 4.29. The number of benzene rings is 1. The number of carbonyl (C=O) groups excluding carboxylic acids is 1. The minimum Gasteiger partial charge on any atom is -0.455 e. The molecule has 0 saturated carbocycles. The maximum absolute atomic E-state index is 13.0. The fourth-order valence-electron chi connectivity index (χ4n) is 3.62. The molecule has 1 N–H and O–H groups in total. The van der Waals surface area contributed by atoms with Crippen LogP contribution >= 0.6 is 11.8 Å². The van der Waals surface area contributed by atoms with Crippen LogP contribution in [0.15, 0.2) is 58.4 Å². The molecule has 0 aliphatic carbocycles. The number of hydrogen-bond acceptors (Lipinski definition) is 5. The summed E-state index contributed by atoms with van der Waals surface area (Å²) in [4.78, 5) is 19.0. The van der Waals surface area contributed by atoms with E-state index in [9.17, 15) is 4.79 Å². The minimum absolute atomic E-state index is 0.0211. The number of nitrogens with one attached hydrogen (secondary N) is 1. The molecular formula is C20H22N4O2S. The lowest BCUT2D eigenvalue weighted by atomic mass is 9.76. The van der Waals surface area contributed by atoms with Crippen LogP contribution in [0.2, 0.25) is 0 Å². The summed E-state index contributed by atoms with van der Waals surface area (Å²) in [6.45, 7) is 3.71. The van der Waals surface area contributed by atoms with Crippen LogP contribution < -0.4 is 0 Å². The first-order valence-corrected chi connectivity index (χ1v) is 10.0. The van der Waals surface area contributed by atoms with Crippen molar-refractivity contribution in [3.8, 4) is 0 Å². The summed E-state index contributed by atoms with van der Waals surface area (Å²) in [5, 5.41) is 7.35. The number of aromatic amines is 1. The Hall–Kier alpha value is -2.54. The standard InChI is InChI=1S/C20H22N4O2S/c1-20(15-6-3-2-4-7-15)10-5-11-24(13-20)18(25)17-9-8-16(26-17)12-27-19-21-14-22-23-19/h2-4,6-9,14H,5,10-13H2,1H3,(H,21,22,23). The second-order valence-corrected chi connectivity index (χ2v) is 8.07. The van der Waals surface area contributed by atoms with Gasteiger partial charge < -0.3 is 9.32 Å². The molecule has 1 unspecified atom stereocenters. The first kappa shape index (κ1) is 17.9. The highest BCUT2D eigenvalue weighted by Gasteiger charge is 2.35. The van der Waals surface area contributed by atoms with Crippen molar-refractivity contribution in [3.63, 3.8) is 0 Å². The smallest absolute Gasteiger partial charge is 0.289 e. The molecule has 7 heteroatoms. The van der Waals surface area contributed by atoms with Crippen molar-refractivity contribution in [1.29, 1.82) is 0 Å². The molecule has 1 aliphatic heterocycles. The van der Waals surface area contributed by atoms with Gasteiger partial charge in [0.05, 0.1) is 5.75 Å². The lowest BCUT2D eigenvalue weighted by Crippen LogP contribution is -2.47. The van der Waals surface area contributed by atoms with Crippen LogP contribution in [0.25, 0.3) is 0 Å². The van der Waals surface area contributed by atoms with Crippen LogP contribution in [-0.4, -0.2) is 39.1 Å². The van der Waals surface area contributed by atoms with Crippen LogP contribution in [0, 0.1) is 0 Å². The number of hydrogen-bond donors (Lipinski definition) is 1. The summed E-state index contributed by atoms with van der Waals surface area (Å²) >= 11 is 1.49. The van der Waals surface area contributed by atoms with Crippen molar-refractivity contribution in [3.05, 3.63) is 65.9 Å². The lowest BCUT2D eigenvalue weighted by molar-refractivity contribution is 0.0617. The second-order valence-electron chi connectivity index (χ2n) is 7.10. The fraction of sp³-hybridized carbons (Fsp3) is 0.350. The number of thioether (sulfide) groups is 1. The SMILES string of the molecule is CC1(c2ccccc2)CCCN(C(=O)c2ccc(CSc3ncn[nH]3)o2)C1. The van der Waals surface area contributed by atoms with Gasteiger partial charge in [-0.25, -0.2) is 4.98 Å². The Kier molecular flexibility index (Phi) is 5.03. The number of piperidine rings is 1. The van der Waals surface area contributed by atoms with E-state index in [0.717, 1.165) is 30.3 Å². The Bertz CT molecular complexity index is 894. The second kappa shape index (κ2) is 7.60. The molecule has 140 valence electrons. The number of nitrogens with zero attached hydrogens (tertiary/aromatic N) is 3. The predicted molar refractivity (Wildman–Crippen MR) is 104 cm³/mol. The molecule has 1 fully saturated rings. The molecule has 0 radical (unpaired) electrons. The van der Waals surface area contributed by atoms with Gasteiger partial charge in [-0.2, -0.15) is 5.10 Å². The Labute approximate surface area is 162 Å². The number of carbonyl (C=O) groups is 1. The van der Waals surface area contributed by atoms with E-state index in [1.807, 2.05) is 17.0 Å². The summed E-state index contributed by atoms with van der Waals surface area (Å²) in [7, 11) is 0. The maximum Gasteiger partial charge on any atom is 0.289 e. The van der Waals surface area contributed by atoms with Gasteiger partial charge in [0, 0.05) is 18.5 Å². The zero-order valence-corrected chi connectivity index (χ0v) is 16.0. The number of aromatic nitrogens is 3. The number of likely N-dealkylation sites (tertiary alicyclic amines) is 1. The Morgan fingerprint density at radius 2 is 2.15 bits per heavy atom. The third-order valence-electron chi connectivity index (χ3n) is 5.07. The van der Waals surface area contributed by atoms with Crippen molar-refractivity contribution in [2.24, 2.45) is 0 Å². The summed E-state index contributed by atoms with van der Waals surface area (Å²) in [5.41, 5.74) is 1.26. The topological polar surface area (TPSA) is 75.0 Å². The molecule has 1 saturated heterocycles. The number of amides is 1. The summed E-state index contributed by atoms with van der Waals surface area (Å²) in [6, 6.07) is 14.1. The van der Waals surface area contributed by atoms with Crippen LogP contribution in [0.3, 0.4) is 0 Å². The number of furan rings is 1. The summed E-state index contributed by atoms with van der Waals surface area (Å²) < 4.78 is 5.80. The van der Waals surface area contributed by atoms with Gasteiger partial charge in [-0.15, -0.1) is 0 Å². The van der Waals surface area contributed by atoms with Gasteiger partial charge in [-0.05, 0) is 30.5 Å². The molecule has 6 nitrogen and oxygen atoms in total. The molecule has 2 aromatic heterocycles. The molecule has 4 rings (SSSR count). The third-order valence-corrected chi connectivity index (χ3v) is 5.97. The summed E-state index contributed by atoms with van der Waals surface area (Å²) in [5.74, 6) is 1.72. The zero-order valence-electron chi connectivity index (χ0n) is 15.2. The third kappa shape index (κ3) is 3.93. The largest absolute Gasteiger partial charge is 0.455 e. The number of rotatable bonds is 5. The van der Waals surface area contributed by atoms with Gasteiger partial charge in [-0.1, -0.05) is 49.0 Å². The van der Waals surface area contributed by atoms with Crippen molar-refractivity contribution in [1.82, 2.24) is 20.1 Å². The van der Waals surface area contributed by atoms with E-state index in [-0.39, 0.29) is 11.3 Å². The maximum atomic E-state index is 13.0. The van der Waals surface area contributed by atoms with Gasteiger partial charge in [0.2, 0.25) is 0 Å². The molecule has 1 amide bonds. The van der Waals surface area contributed by atoms with Crippen LogP contribution in [0.1, 0.15) is 41.6 Å². The molecule has 0 spiro atoms. The van der Waals surface area contributed by atoms with Gasteiger partial charge in [0.25, 0.3) is 5.91 Å². The summed E-state index contributed by atoms with van der Waals surface area (Å²) in [6.07, 6.45) is 3.55. The average molecular weight is 382 g/mol. The molecule has 27 heavy (non-hydrogen) atoms. The molecule has 1 atom stereocenters. The van der Waals surface area contributed by atoms with Gasteiger partial charge >= 0.3 is 0 Å². The minimum atomic E-state index is -0.0345.